The van der Waals surface area contributed by atoms with Crippen LogP contribution in [0.25, 0.3) is 22.5 Å². The molecule has 0 spiro atoms. The molecule has 1 saturated heterocycles. The highest BCUT2D eigenvalue weighted by molar-refractivity contribution is 6.32. The van der Waals surface area contributed by atoms with Crippen molar-refractivity contribution < 1.29 is 4.74 Å². The third kappa shape index (κ3) is 3.86. The molecular weight excluding hydrogens is 478 g/mol. The van der Waals surface area contributed by atoms with Crippen LogP contribution in [0.5, 0.6) is 0 Å². The maximum atomic E-state index is 13.4. The van der Waals surface area contributed by atoms with E-state index in [4.69, 9.17) is 16.3 Å². The predicted molar refractivity (Wildman–Crippen MR) is 141 cm³/mol. The van der Waals surface area contributed by atoms with Crippen LogP contribution in [0.2, 0.25) is 5.02 Å². The zero-order valence-corrected chi connectivity index (χ0v) is 20.4. The Bertz CT molecular complexity index is 1610. The maximum Gasteiger partial charge on any atom is 0.270 e. The van der Waals surface area contributed by atoms with E-state index in [9.17, 15) is 4.79 Å². The quantitative estimate of drug-likeness (QED) is 0.368. The first-order chi connectivity index (χ1) is 17.6. The molecule has 4 heterocycles. The smallest absolute Gasteiger partial charge is 0.270 e. The molecule has 1 N–H and O–H groups in total. The first-order valence-corrected chi connectivity index (χ1v) is 12.1. The Morgan fingerprint density at radius 2 is 1.97 bits per heavy atom. The summed E-state index contributed by atoms with van der Waals surface area (Å²) in [5.41, 5.74) is 2.75. The van der Waals surface area contributed by atoms with E-state index in [2.05, 4.69) is 37.3 Å². The average molecular weight is 502 g/mol. The second kappa shape index (κ2) is 9.25. The van der Waals surface area contributed by atoms with Crippen LogP contribution in [0, 0.1) is 0 Å². The number of benzene rings is 2. The number of rotatable bonds is 6. The minimum absolute atomic E-state index is 0.288. The number of halogens is 1. The standard InChI is InChI=1S/C26H24ClN7O2/c1-36-16-19-5-4-13-32(19)18-10-8-17(9-11-18)30-25-29-15-20-23(31-25)33-14-12-28-26(33)34(24(20)35)22-7-3-2-6-21(22)27/h2-3,6-12,14-15,19H,4-5,13,16H2,1H3,(H,29,30,31)/t19-/m0/s1. The number of hydrogen-bond donors (Lipinski definition) is 1. The Balaban J connectivity index is 1.34. The molecule has 0 radical (unpaired) electrons. The number of ether oxygens (including phenoxy) is 1. The maximum absolute atomic E-state index is 13.4. The minimum atomic E-state index is -0.288. The van der Waals surface area contributed by atoms with Crippen LogP contribution >= 0.6 is 11.6 Å². The van der Waals surface area contributed by atoms with E-state index in [1.54, 1.807) is 36.0 Å². The van der Waals surface area contributed by atoms with Crippen LogP contribution in [0.4, 0.5) is 17.3 Å². The van der Waals surface area contributed by atoms with Crippen LogP contribution in [0.15, 0.2) is 71.9 Å². The minimum Gasteiger partial charge on any atom is -0.383 e. The van der Waals surface area contributed by atoms with Crippen LogP contribution in [0.1, 0.15) is 12.8 Å². The van der Waals surface area contributed by atoms with Gasteiger partial charge in [0.05, 0.1) is 23.4 Å². The van der Waals surface area contributed by atoms with Crippen LogP contribution in [-0.4, -0.2) is 50.2 Å². The fraction of sp³-hybridized carbons (Fsp3) is 0.231. The van der Waals surface area contributed by atoms with Gasteiger partial charge in [-0.25, -0.2) is 14.5 Å². The molecule has 182 valence electrons. The van der Waals surface area contributed by atoms with Crippen molar-refractivity contribution in [1.29, 1.82) is 0 Å². The summed E-state index contributed by atoms with van der Waals surface area (Å²) in [5, 5.41) is 4.07. The summed E-state index contributed by atoms with van der Waals surface area (Å²) in [6, 6.07) is 15.8. The number of hydrogen-bond acceptors (Lipinski definition) is 7. The molecular formula is C26H24ClN7O2. The lowest BCUT2D eigenvalue weighted by atomic mass is 10.2. The molecule has 10 heteroatoms. The predicted octanol–water partition coefficient (Wildman–Crippen LogP) is 4.44. The second-order valence-corrected chi connectivity index (χ2v) is 9.14. The van der Waals surface area contributed by atoms with E-state index in [0.717, 1.165) is 25.3 Å². The SMILES string of the molecule is COC[C@@H]1CCCN1c1ccc(Nc2ncc3c(=O)n(-c4ccccc4Cl)c4nccn4c3n2)cc1. The number of para-hydroxylation sites is 1. The summed E-state index contributed by atoms with van der Waals surface area (Å²) in [4.78, 5) is 29.3. The van der Waals surface area contributed by atoms with E-state index in [1.165, 1.54) is 22.9 Å². The van der Waals surface area contributed by atoms with Crippen molar-refractivity contribution in [3.8, 4) is 5.69 Å². The second-order valence-electron chi connectivity index (χ2n) is 8.74. The van der Waals surface area contributed by atoms with Gasteiger partial charge in [0.25, 0.3) is 5.56 Å². The molecule has 0 saturated carbocycles. The van der Waals surface area contributed by atoms with Crippen molar-refractivity contribution in [2.75, 3.05) is 30.5 Å². The Hall–Kier alpha value is -3.95. The third-order valence-electron chi connectivity index (χ3n) is 6.54. The number of nitrogens with zero attached hydrogens (tertiary/aromatic N) is 6. The molecule has 1 aliphatic heterocycles. The van der Waals surface area contributed by atoms with Gasteiger partial charge < -0.3 is 15.0 Å². The normalized spacial score (nSPS) is 15.7. The van der Waals surface area contributed by atoms with Crippen molar-refractivity contribution in [1.82, 2.24) is 23.9 Å². The molecule has 3 aromatic heterocycles. The molecule has 36 heavy (non-hydrogen) atoms. The van der Waals surface area contributed by atoms with Crippen molar-refractivity contribution in [3.05, 3.63) is 82.5 Å². The van der Waals surface area contributed by atoms with Crippen molar-refractivity contribution in [2.45, 2.75) is 18.9 Å². The van der Waals surface area contributed by atoms with E-state index >= 15 is 0 Å². The highest BCUT2D eigenvalue weighted by atomic mass is 35.5. The molecule has 0 bridgehead atoms. The third-order valence-corrected chi connectivity index (χ3v) is 6.86. The van der Waals surface area contributed by atoms with Gasteiger partial charge in [-0.15, -0.1) is 0 Å². The van der Waals surface area contributed by atoms with E-state index in [-0.39, 0.29) is 5.56 Å². The molecule has 1 fully saturated rings. The van der Waals surface area contributed by atoms with Crippen LogP contribution in [0.3, 0.4) is 0 Å². The Labute approximate surface area is 212 Å². The summed E-state index contributed by atoms with van der Waals surface area (Å²) in [6.45, 7) is 1.76. The molecule has 1 aliphatic rings. The van der Waals surface area contributed by atoms with Gasteiger partial charge in [-0.1, -0.05) is 23.7 Å². The van der Waals surface area contributed by atoms with Crippen molar-refractivity contribution in [2.24, 2.45) is 0 Å². The number of anilines is 3. The highest BCUT2D eigenvalue weighted by Crippen LogP contribution is 2.28. The molecule has 9 nitrogen and oxygen atoms in total. The number of aromatic nitrogens is 5. The molecule has 0 unspecified atom stereocenters. The van der Waals surface area contributed by atoms with Crippen molar-refractivity contribution in [3.63, 3.8) is 0 Å². The number of fused-ring (bicyclic) bond motifs is 3. The summed E-state index contributed by atoms with van der Waals surface area (Å²) >= 11 is 6.39. The topological polar surface area (TPSA) is 89.6 Å². The summed E-state index contributed by atoms with van der Waals surface area (Å²) in [5.74, 6) is 0.810. The number of imidazole rings is 1. The zero-order valence-electron chi connectivity index (χ0n) is 19.6. The summed E-state index contributed by atoms with van der Waals surface area (Å²) < 4.78 is 8.62. The first-order valence-electron chi connectivity index (χ1n) is 11.8. The fourth-order valence-electron chi connectivity index (χ4n) is 4.86. The lowest BCUT2D eigenvalue weighted by molar-refractivity contribution is 0.181. The monoisotopic (exact) mass is 501 g/mol. The van der Waals surface area contributed by atoms with Crippen LogP contribution in [-0.2, 0) is 4.74 Å². The van der Waals surface area contributed by atoms with Gasteiger partial charge in [0.15, 0.2) is 5.65 Å². The molecule has 0 amide bonds. The largest absolute Gasteiger partial charge is 0.383 e. The van der Waals surface area contributed by atoms with Gasteiger partial charge in [-0.05, 0) is 49.2 Å². The first kappa shape index (κ1) is 22.5. The molecule has 1 atom stereocenters. The molecule has 6 rings (SSSR count). The summed E-state index contributed by atoms with van der Waals surface area (Å²) in [6.07, 6.45) is 7.24. The lowest BCUT2D eigenvalue weighted by Gasteiger charge is -2.26. The van der Waals surface area contributed by atoms with E-state index < -0.39 is 0 Å². The number of nitrogens with one attached hydrogen (secondary N) is 1. The Morgan fingerprint density at radius 3 is 2.78 bits per heavy atom. The van der Waals surface area contributed by atoms with Gasteiger partial charge in [-0.3, -0.25) is 9.20 Å². The Morgan fingerprint density at radius 1 is 1.14 bits per heavy atom. The van der Waals surface area contributed by atoms with Gasteiger partial charge in [0, 0.05) is 43.6 Å². The molecule has 5 aromatic rings. The fourth-order valence-corrected chi connectivity index (χ4v) is 5.08. The van der Waals surface area contributed by atoms with Gasteiger partial charge in [-0.2, -0.15) is 4.98 Å². The molecule has 2 aromatic carbocycles. The van der Waals surface area contributed by atoms with Gasteiger partial charge in [0.2, 0.25) is 11.7 Å². The highest BCUT2D eigenvalue weighted by Gasteiger charge is 2.24. The lowest BCUT2D eigenvalue weighted by Crippen LogP contribution is -2.32. The molecule has 0 aliphatic carbocycles. The average Bonchev–Trinajstić information content (AvgIpc) is 3.56. The van der Waals surface area contributed by atoms with E-state index in [0.29, 0.717) is 39.5 Å². The summed E-state index contributed by atoms with van der Waals surface area (Å²) in [7, 11) is 1.75. The van der Waals surface area contributed by atoms with Gasteiger partial charge >= 0.3 is 0 Å². The number of methoxy groups -OCH3 is 1. The van der Waals surface area contributed by atoms with Gasteiger partial charge in [0.1, 0.15) is 5.39 Å². The van der Waals surface area contributed by atoms with Crippen molar-refractivity contribution >= 4 is 45.7 Å². The van der Waals surface area contributed by atoms with Crippen LogP contribution < -0.4 is 15.8 Å². The van der Waals surface area contributed by atoms with E-state index in [1.807, 2.05) is 24.3 Å². The zero-order chi connectivity index (χ0) is 24.6. The Kier molecular flexibility index (Phi) is 5.79.